The molecule has 1 atom stereocenters. The minimum Gasteiger partial charge on any atom is -0.462 e. The maximum atomic E-state index is 11.7. The zero-order chi connectivity index (χ0) is 16.3. The summed E-state index contributed by atoms with van der Waals surface area (Å²) in [6.07, 6.45) is 2.07. The quantitative estimate of drug-likeness (QED) is 0.425. The van der Waals surface area contributed by atoms with E-state index in [4.69, 9.17) is 4.74 Å². The number of esters is 1. The van der Waals surface area contributed by atoms with Gasteiger partial charge in [-0.2, -0.15) is 0 Å². The molecular weight excluding hydrogens is 276 g/mol. The fraction of sp³-hybridized carbons (Fsp3) is 0.500. The first-order valence-electron chi connectivity index (χ1n) is 7.54. The number of allylic oxidation sites excluding steroid dienone is 1. The molecule has 2 nitrogen and oxygen atoms in total. The minimum atomic E-state index is -1.57. The fourth-order valence-electron chi connectivity index (χ4n) is 2.35. The number of carbonyl (C=O) groups is 1. The summed E-state index contributed by atoms with van der Waals surface area (Å²) in [6, 6.07) is 7.80. The van der Waals surface area contributed by atoms with Gasteiger partial charge in [0.05, 0.1) is 20.2 Å². The molecule has 0 aliphatic heterocycles. The minimum absolute atomic E-state index is 0.258. The van der Waals surface area contributed by atoms with Gasteiger partial charge in [-0.3, -0.25) is 0 Å². The van der Waals surface area contributed by atoms with Crippen molar-refractivity contribution in [3.05, 3.63) is 48.0 Å². The van der Waals surface area contributed by atoms with Crippen LogP contribution in [0.25, 0.3) is 0 Å². The number of carbonyl (C=O) groups excluding carboxylic acids is 1. The molecule has 116 valence electrons. The zero-order valence-electron chi connectivity index (χ0n) is 14.2. The second-order valence-electron chi connectivity index (χ2n) is 7.03. The highest BCUT2D eigenvalue weighted by Crippen LogP contribution is 2.45. The summed E-state index contributed by atoms with van der Waals surface area (Å²) < 4.78 is 5.03. The van der Waals surface area contributed by atoms with Crippen LogP contribution in [0, 0.1) is 0 Å². The lowest BCUT2D eigenvalue weighted by Crippen LogP contribution is -2.43. The van der Waals surface area contributed by atoms with E-state index in [-0.39, 0.29) is 11.0 Å². The number of rotatable bonds is 5. The monoisotopic (exact) mass is 304 g/mol. The van der Waals surface area contributed by atoms with Gasteiger partial charge in [-0.25, -0.2) is 4.79 Å². The lowest BCUT2D eigenvalue weighted by Gasteiger charge is -2.42. The highest BCUT2D eigenvalue weighted by Gasteiger charge is 2.41. The average molecular weight is 305 g/mol. The lowest BCUT2D eigenvalue weighted by atomic mass is 10.1. The van der Waals surface area contributed by atoms with Crippen LogP contribution in [0.3, 0.4) is 0 Å². The first kappa shape index (κ1) is 17.7. The molecule has 1 aromatic carbocycles. The van der Waals surface area contributed by atoms with Crippen LogP contribution in [-0.4, -0.2) is 20.7 Å². The van der Waals surface area contributed by atoms with E-state index in [0.717, 1.165) is 0 Å². The summed E-state index contributed by atoms with van der Waals surface area (Å²) in [5.74, 6) is -0.258. The van der Waals surface area contributed by atoms with Gasteiger partial charge in [-0.15, -0.1) is 6.58 Å². The summed E-state index contributed by atoms with van der Waals surface area (Å²) in [4.78, 5) is 11.7. The first-order chi connectivity index (χ1) is 9.65. The van der Waals surface area contributed by atoms with Crippen molar-refractivity contribution in [3.8, 4) is 0 Å². The van der Waals surface area contributed by atoms with Gasteiger partial charge in [0.2, 0.25) is 0 Å². The van der Waals surface area contributed by atoms with Crippen molar-refractivity contribution in [1.29, 1.82) is 0 Å². The summed E-state index contributed by atoms with van der Waals surface area (Å²) in [6.45, 7) is 18.0. The molecule has 0 N–H and O–H groups in total. The third kappa shape index (κ3) is 3.85. The van der Waals surface area contributed by atoms with Gasteiger partial charge in [0.25, 0.3) is 0 Å². The van der Waals surface area contributed by atoms with Crippen LogP contribution in [0.2, 0.25) is 18.1 Å². The largest absolute Gasteiger partial charge is 0.462 e. The molecule has 0 radical (unpaired) electrons. The van der Waals surface area contributed by atoms with E-state index in [0.29, 0.717) is 17.7 Å². The van der Waals surface area contributed by atoms with Crippen molar-refractivity contribution in [3.63, 3.8) is 0 Å². The van der Waals surface area contributed by atoms with Gasteiger partial charge < -0.3 is 4.74 Å². The van der Waals surface area contributed by atoms with Crippen molar-refractivity contribution in [1.82, 2.24) is 0 Å². The van der Waals surface area contributed by atoms with Crippen LogP contribution in [0.1, 0.15) is 49.2 Å². The van der Waals surface area contributed by atoms with Crippen LogP contribution in [-0.2, 0) is 4.74 Å². The molecule has 0 aliphatic rings. The highest BCUT2D eigenvalue weighted by atomic mass is 28.3. The van der Waals surface area contributed by atoms with Crippen LogP contribution in [0.15, 0.2) is 36.9 Å². The molecule has 0 aromatic heterocycles. The molecule has 0 bridgehead atoms. The van der Waals surface area contributed by atoms with Crippen molar-refractivity contribution < 1.29 is 9.53 Å². The normalized spacial score (nSPS) is 13.6. The molecule has 0 spiro atoms. The molecule has 1 unspecified atom stereocenters. The van der Waals surface area contributed by atoms with Crippen molar-refractivity contribution in [2.24, 2.45) is 0 Å². The second kappa shape index (κ2) is 6.61. The summed E-state index contributed by atoms with van der Waals surface area (Å²) in [5, 5.41) is 0.283. The molecule has 0 saturated heterocycles. The Morgan fingerprint density at radius 3 is 2.19 bits per heavy atom. The molecule has 0 saturated carbocycles. The Labute approximate surface area is 130 Å². The molecular formula is C18H28O2Si. The molecule has 0 fully saturated rings. The van der Waals surface area contributed by atoms with Crippen LogP contribution in [0.4, 0.5) is 0 Å². The van der Waals surface area contributed by atoms with Gasteiger partial charge in [0.15, 0.2) is 0 Å². The molecule has 0 amide bonds. The van der Waals surface area contributed by atoms with Crippen LogP contribution in [0.5, 0.6) is 0 Å². The molecule has 1 rings (SSSR count). The Morgan fingerprint density at radius 1 is 1.29 bits per heavy atom. The first-order valence-corrected chi connectivity index (χ1v) is 10.6. The van der Waals surface area contributed by atoms with E-state index in [1.807, 2.05) is 31.2 Å². The van der Waals surface area contributed by atoms with Crippen molar-refractivity contribution in [2.75, 3.05) is 6.61 Å². The second-order valence-corrected chi connectivity index (χ2v) is 12.6. The standard InChI is InChI=1S/C18H28O2Si/c1-8-16(21(6,7)18(3,4)5)14-10-12-15(13-11-14)17(19)20-9-2/h8,10-13,16H,1,9H2,2-7H3. The van der Waals surface area contributed by atoms with Gasteiger partial charge in [0, 0.05) is 0 Å². The van der Waals surface area contributed by atoms with Gasteiger partial charge in [-0.05, 0) is 35.2 Å². The Morgan fingerprint density at radius 2 is 1.81 bits per heavy atom. The number of ether oxygens (including phenoxy) is 1. The maximum Gasteiger partial charge on any atom is 0.338 e. The summed E-state index contributed by atoms with van der Waals surface area (Å²) >= 11 is 0. The van der Waals surface area contributed by atoms with Crippen molar-refractivity contribution >= 4 is 14.0 Å². The Bertz CT molecular complexity index is 495. The van der Waals surface area contributed by atoms with E-state index in [2.05, 4.69) is 46.5 Å². The Balaban J connectivity index is 3.09. The number of hydrogen-bond donors (Lipinski definition) is 0. The summed E-state index contributed by atoms with van der Waals surface area (Å²) in [7, 11) is -1.57. The molecule has 21 heavy (non-hydrogen) atoms. The topological polar surface area (TPSA) is 26.3 Å². The van der Waals surface area contributed by atoms with E-state index in [9.17, 15) is 4.79 Å². The number of benzene rings is 1. The third-order valence-corrected chi connectivity index (χ3v) is 10.7. The summed E-state index contributed by atoms with van der Waals surface area (Å²) in [5.41, 5.74) is 2.22. The Kier molecular flexibility index (Phi) is 5.57. The molecule has 0 aliphatic carbocycles. The van der Waals surface area contributed by atoms with E-state index < -0.39 is 8.07 Å². The van der Waals surface area contributed by atoms with Crippen LogP contribution >= 0.6 is 0 Å². The van der Waals surface area contributed by atoms with Gasteiger partial charge in [-0.1, -0.05) is 52.1 Å². The van der Waals surface area contributed by atoms with Crippen molar-refractivity contribution in [2.45, 2.75) is 51.4 Å². The highest BCUT2D eigenvalue weighted by molar-refractivity contribution is 6.81. The predicted molar refractivity (Wildman–Crippen MR) is 92.5 cm³/mol. The zero-order valence-corrected chi connectivity index (χ0v) is 15.2. The molecule has 1 aromatic rings. The fourth-order valence-corrected chi connectivity index (χ4v) is 4.90. The third-order valence-electron chi connectivity index (χ3n) is 4.73. The molecule has 0 heterocycles. The van der Waals surface area contributed by atoms with E-state index in [1.54, 1.807) is 0 Å². The SMILES string of the molecule is C=CC(c1ccc(C(=O)OCC)cc1)[Si](C)(C)C(C)(C)C. The molecule has 3 heteroatoms. The van der Waals surface area contributed by atoms with Gasteiger partial charge >= 0.3 is 5.97 Å². The van der Waals surface area contributed by atoms with E-state index >= 15 is 0 Å². The van der Waals surface area contributed by atoms with Crippen LogP contribution < -0.4 is 0 Å². The smallest absolute Gasteiger partial charge is 0.338 e. The maximum absolute atomic E-state index is 11.7. The Hall–Kier alpha value is -1.35. The average Bonchev–Trinajstić information content (AvgIpc) is 2.39. The lowest BCUT2D eigenvalue weighted by molar-refractivity contribution is 0.0526. The number of hydrogen-bond acceptors (Lipinski definition) is 2. The van der Waals surface area contributed by atoms with Gasteiger partial charge in [0.1, 0.15) is 0 Å². The predicted octanol–water partition coefficient (Wildman–Crippen LogP) is 5.18. The van der Waals surface area contributed by atoms with E-state index in [1.165, 1.54) is 5.56 Å².